The van der Waals surface area contributed by atoms with E-state index in [9.17, 15) is 0 Å². The van der Waals surface area contributed by atoms with Crippen LogP contribution in [-0.4, -0.2) is 37.0 Å². The van der Waals surface area contributed by atoms with E-state index in [0.29, 0.717) is 37.9 Å². The van der Waals surface area contributed by atoms with Gasteiger partial charge in [-0.15, -0.1) is 0 Å². The second-order valence-electron chi connectivity index (χ2n) is 5.64. The van der Waals surface area contributed by atoms with Gasteiger partial charge in [0.2, 0.25) is 5.89 Å². The van der Waals surface area contributed by atoms with E-state index in [1.807, 2.05) is 24.3 Å². The van der Waals surface area contributed by atoms with E-state index in [0.717, 1.165) is 24.2 Å². The summed E-state index contributed by atoms with van der Waals surface area (Å²) >= 11 is 0. The predicted molar refractivity (Wildman–Crippen MR) is 80.9 cm³/mol. The Morgan fingerprint density at radius 3 is 2.59 bits per heavy atom. The summed E-state index contributed by atoms with van der Waals surface area (Å²) in [6.07, 6.45) is 2.28. The Balaban J connectivity index is 1.75. The standard InChI is InChI=1S/C16H21N3O3/c1-20-13-4-2-12(3-5-13)10-14-18-15(22-19-14)16(11-17)6-8-21-9-7-16/h2-5H,6-11,17H2,1H3. The van der Waals surface area contributed by atoms with Gasteiger partial charge in [0.1, 0.15) is 5.75 Å². The van der Waals surface area contributed by atoms with Crippen molar-refractivity contribution in [3.63, 3.8) is 0 Å². The van der Waals surface area contributed by atoms with Crippen molar-refractivity contribution in [3.05, 3.63) is 41.5 Å². The fourth-order valence-electron chi connectivity index (χ4n) is 2.73. The number of nitrogens with two attached hydrogens (primary N) is 1. The fourth-order valence-corrected chi connectivity index (χ4v) is 2.73. The number of rotatable bonds is 5. The molecule has 0 atom stereocenters. The van der Waals surface area contributed by atoms with Crippen molar-refractivity contribution in [2.45, 2.75) is 24.7 Å². The zero-order chi connectivity index (χ0) is 15.4. The number of aromatic nitrogens is 2. The highest BCUT2D eigenvalue weighted by Gasteiger charge is 2.38. The van der Waals surface area contributed by atoms with E-state index in [2.05, 4.69) is 10.1 Å². The van der Waals surface area contributed by atoms with E-state index >= 15 is 0 Å². The molecule has 0 bridgehead atoms. The van der Waals surface area contributed by atoms with Crippen LogP contribution in [0.15, 0.2) is 28.8 Å². The van der Waals surface area contributed by atoms with Gasteiger partial charge in [-0.05, 0) is 30.5 Å². The Morgan fingerprint density at radius 2 is 1.95 bits per heavy atom. The third-order valence-corrected chi connectivity index (χ3v) is 4.28. The maximum atomic E-state index is 5.97. The van der Waals surface area contributed by atoms with E-state index in [1.54, 1.807) is 7.11 Å². The van der Waals surface area contributed by atoms with Crippen LogP contribution < -0.4 is 10.5 Å². The largest absolute Gasteiger partial charge is 0.497 e. The number of ether oxygens (including phenoxy) is 2. The zero-order valence-electron chi connectivity index (χ0n) is 12.7. The van der Waals surface area contributed by atoms with Gasteiger partial charge in [0.25, 0.3) is 0 Å². The second-order valence-corrected chi connectivity index (χ2v) is 5.64. The molecular weight excluding hydrogens is 282 g/mol. The quantitative estimate of drug-likeness (QED) is 0.904. The molecule has 2 aromatic rings. The van der Waals surface area contributed by atoms with Crippen molar-refractivity contribution < 1.29 is 14.0 Å². The summed E-state index contributed by atoms with van der Waals surface area (Å²) in [5.41, 5.74) is 6.85. The smallest absolute Gasteiger partial charge is 0.234 e. The minimum Gasteiger partial charge on any atom is -0.497 e. The molecule has 0 radical (unpaired) electrons. The van der Waals surface area contributed by atoms with Crippen LogP contribution in [0.1, 0.15) is 30.1 Å². The first-order chi connectivity index (χ1) is 10.8. The summed E-state index contributed by atoms with van der Waals surface area (Å²) in [6, 6.07) is 7.86. The molecule has 0 saturated carbocycles. The number of hydrogen-bond acceptors (Lipinski definition) is 6. The average molecular weight is 303 g/mol. The number of benzene rings is 1. The van der Waals surface area contributed by atoms with Crippen molar-refractivity contribution in [3.8, 4) is 5.75 Å². The summed E-state index contributed by atoms with van der Waals surface area (Å²) in [6.45, 7) is 1.88. The van der Waals surface area contributed by atoms with Crippen molar-refractivity contribution in [2.75, 3.05) is 26.9 Å². The minimum atomic E-state index is -0.233. The molecule has 6 heteroatoms. The van der Waals surface area contributed by atoms with Crippen molar-refractivity contribution in [1.82, 2.24) is 10.1 Å². The van der Waals surface area contributed by atoms with Gasteiger partial charge < -0.3 is 19.7 Å². The molecule has 1 aliphatic rings. The van der Waals surface area contributed by atoms with E-state index < -0.39 is 0 Å². The molecule has 1 aromatic heterocycles. The second kappa shape index (κ2) is 6.46. The summed E-state index contributed by atoms with van der Waals surface area (Å²) in [7, 11) is 1.65. The third kappa shape index (κ3) is 2.98. The minimum absolute atomic E-state index is 0.233. The third-order valence-electron chi connectivity index (χ3n) is 4.28. The van der Waals surface area contributed by atoms with Crippen LogP contribution in [0.25, 0.3) is 0 Å². The number of nitrogens with zero attached hydrogens (tertiary/aromatic N) is 2. The van der Waals surface area contributed by atoms with Gasteiger partial charge in [0.05, 0.1) is 12.5 Å². The molecule has 1 aromatic carbocycles. The summed E-state index contributed by atoms with van der Waals surface area (Å²) < 4.78 is 16.1. The normalized spacial score (nSPS) is 17.4. The lowest BCUT2D eigenvalue weighted by Gasteiger charge is -2.32. The molecule has 0 aliphatic carbocycles. The van der Waals surface area contributed by atoms with Gasteiger partial charge in [0.15, 0.2) is 5.82 Å². The topological polar surface area (TPSA) is 83.4 Å². The lowest BCUT2D eigenvalue weighted by molar-refractivity contribution is 0.0409. The van der Waals surface area contributed by atoms with Crippen molar-refractivity contribution in [1.29, 1.82) is 0 Å². The van der Waals surface area contributed by atoms with Crippen LogP contribution in [0.3, 0.4) is 0 Å². The summed E-state index contributed by atoms with van der Waals surface area (Å²) in [5.74, 6) is 2.16. The first-order valence-electron chi connectivity index (χ1n) is 7.49. The summed E-state index contributed by atoms with van der Waals surface area (Å²) in [5, 5.41) is 4.11. The van der Waals surface area contributed by atoms with Gasteiger partial charge in [-0.2, -0.15) is 4.98 Å². The molecular formula is C16H21N3O3. The van der Waals surface area contributed by atoms with Gasteiger partial charge in [-0.1, -0.05) is 17.3 Å². The van der Waals surface area contributed by atoms with Crippen LogP contribution >= 0.6 is 0 Å². The number of hydrogen-bond donors (Lipinski definition) is 1. The molecule has 1 saturated heterocycles. The SMILES string of the molecule is COc1ccc(Cc2noc(C3(CN)CCOCC3)n2)cc1. The van der Waals surface area contributed by atoms with Crippen LogP contribution in [0, 0.1) is 0 Å². The van der Waals surface area contributed by atoms with E-state index in [1.165, 1.54) is 0 Å². The van der Waals surface area contributed by atoms with Crippen LogP contribution in [0.2, 0.25) is 0 Å². The Hall–Kier alpha value is -1.92. The highest BCUT2D eigenvalue weighted by Crippen LogP contribution is 2.32. The monoisotopic (exact) mass is 303 g/mol. The van der Waals surface area contributed by atoms with E-state index in [-0.39, 0.29) is 5.41 Å². The lowest BCUT2D eigenvalue weighted by atomic mass is 9.80. The highest BCUT2D eigenvalue weighted by atomic mass is 16.5. The maximum Gasteiger partial charge on any atom is 0.234 e. The van der Waals surface area contributed by atoms with Gasteiger partial charge in [0, 0.05) is 26.2 Å². The Bertz CT molecular complexity index is 603. The molecule has 6 nitrogen and oxygen atoms in total. The molecule has 0 amide bonds. The molecule has 2 N–H and O–H groups in total. The molecule has 0 unspecified atom stereocenters. The van der Waals surface area contributed by atoms with Crippen molar-refractivity contribution in [2.24, 2.45) is 5.73 Å². The Morgan fingerprint density at radius 1 is 1.23 bits per heavy atom. The molecule has 3 rings (SSSR count). The van der Waals surface area contributed by atoms with E-state index in [4.69, 9.17) is 19.7 Å². The molecule has 2 heterocycles. The molecule has 1 aliphatic heterocycles. The first-order valence-corrected chi connectivity index (χ1v) is 7.49. The highest BCUT2D eigenvalue weighted by molar-refractivity contribution is 5.28. The Kier molecular flexibility index (Phi) is 4.40. The first kappa shape index (κ1) is 15.0. The lowest BCUT2D eigenvalue weighted by Crippen LogP contribution is -2.40. The molecule has 0 spiro atoms. The number of methoxy groups -OCH3 is 1. The molecule has 118 valence electrons. The molecule has 1 fully saturated rings. The Labute approximate surface area is 129 Å². The molecule has 22 heavy (non-hydrogen) atoms. The maximum absolute atomic E-state index is 5.97. The zero-order valence-corrected chi connectivity index (χ0v) is 12.7. The predicted octanol–water partition coefficient (Wildman–Crippen LogP) is 1.68. The van der Waals surface area contributed by atoms with Crippen LogP contribution in [-0.2, 0) is 16.6 Å². The average Bonchev–Trinajstić information content (AvgIpc) is 3.05. The van der Waals surface area contributed by atoms with Gasteiger partial charge in [-0.25, -0.2) is 0 Å². The summed E-state index contributed by atoms with van der Waals surface area (Å²) in [4.78, 5) is 4.57. The van der Waals surface area contributed by atoms with Crippen LogP contribution in [0.4, 0.5) is 0 Å². The fraction of sp³-hybridized carbons (Fsp3) is 0.500. The van der Waals surface area contributed by atoms with Gasteiger partial charge in [-0.3, -0.25) is 0 Å². The van der Waals surface area contributed by atoms with Crippen molar-refractivity contribution >= 4 is 0 Å². The van der Waals surface area contributed by atoms with Gasteiger partial charge >= 0.3 is 0 Å². The van der Waals surface area contributed by atoms with Crippen LogP contribution in [0.5, 0.6) is 5.75 Å².